The molecule has 7 heteroatoms. The molecule has 0 heterocycles. The highest BCUT2D eigenvalue weighted by Crippen LogP contribution is 2.18. The van der Waals surface area contributed by atoms with Crippen LogP contribution in [0.15, 0.2) is 59.5 Å². The first-order chi connectivity index (χ1) is 12.4. The third-order valence-electron chi connectivity index (χ3n) is 3.83. The molecule has 0 aliphatic heterocycles. The number of sulfone groups is 1. The van der Waals surface area contributed by atoms with E-state index in [9.17, 15) is 18.0 Å². The van der Waals surface area contributed by atoms with E-state index in [1.165, 1.54) is 24.0 Å². The van der Waals surface area contributed by atoms with Gasteiger partial charge in [-0.2, -0.15) is 0 Å². The maximum Gasteiger partial charge on any atom is 0.339 e. The first kappa shape index (κ1) is 19.7. The minimum Gasteiger partial charge on any atom is -0.452 e. The number of ether oxygens (including phenoxy) is 1. The van der Waals surface area contributed by atoms with Crippen molar-refractivity contribution in [1.82, 2.24) is 0 Å². The van der Waals surface area contributed by atoms with Crippen LogP contribution in [0, 0.1) is 0 Å². The number of nitrogens with zero attached hydrogens (tertiary/aromatic N) is 1. The number of esters is 1. The first-order valence-corrected chi connectivity index (χ1v) is 9.90. The van der Waals surface area contributed by atoms with Gasteiger partial charge in [0.25, 0.3) is 5.91 Å². The normalized spacial score (nSPS) is 11.0. The second-order valence-electron chi connectivity index (χ2n) is 5.45. The fourth-order valence-corrected chi connectivity index (χ4v) is 3.54. The Kier molecular flexibility index (Phi) is 6.52. The SMILES string of the molecule is CCN(C(=O)COC(=O)c1ccccc1S(=O)(=O)CC)c1ccccc1. The van der Waals surface area contributed by atoms with Gasteiger partial charge in [-0.15, -0.1) is 0 Å². The lowest BCUT2D eigenvalue weighted by atomic mass is 10.2. The topological polar surface area (TPSA) is 80.8 Å². The van der Waals surface area contributed by atoms with Crippen molar-refractivity contribution in [3.63, 3.8) is 0 Å². The number of hydrogen-bond donors (Lipinski definition) is 0. The zero-order valence-corrected chi connectivity index (χ0v) is 15.5. The van der Waals surface area contributed by atoms with Crippen molar-refractivity contribution >= 4 is 27.4 Å². The van der Waals surface area contributed by atoms with Crippen molar-refractivity contribution in [2.45, 2.75) is 18.7 Å². The summed E-state index contributed by atoms with van der Waals surface area (Å²) in [5.41, 5.74) is 0.634. The molecule has 0 saturated heterocycles. The fraction of sp³-hybridized carbons (Fsp3) is 0.263. The molecule has 0 aromatic heterocycles. The van der Waals surface area contributed by atoms with E-state index in [0.29, 0.717) is 12.2 Å². The summed E-state index contributed by atoms with van der Waals surface area (Å²) in [6, 6.07) is 14.9. The summed E-state index contributed by atoms with van der Waals surface area (Å²) < 4.78 is 29.3. The van der Waals surface area contributed by atoms with Crippen LogP contribution in [0.5, 0.6) is 0 Å². The Morgan fingerprint density at radius 2 is 1.58 bits per heavy atom. The van der Waals surface area contributed by atoms with Crippen LogP contribution in [0.1, 0.15) is 24.2 Å². The van der Waals surface area contributed by atoms with E-state index in [0.717, 1.165) is 0 Å². The number of benzene rings is 2. The molecule has 0 N–H and O–H groups in total. The molecule has 0 aliphatic carbocycles. The van der Waals surface area contributed by atoms with Crippen LogP contribution < -0.4 is 4.90 Å². The number of hydrogen-bond acceptors (Lipinski definition) is 5. The molecule has 6 nitrogen and oxygen atoms in total. The molecular weight excluding hydrogens is 354 g/mol. The van der Waals surface area contributed by atoms with Crippen molar-refractivity contribution in [2.75, 3.05) is 23.8 Å². The van der Waals surface area contributed by atoms with Gasteiger partial charge in [0.15, 0.2) is 16.4 Å². The van der Waals surface area contributed by atoms with Crippen LogP contribution >= 0.6 is 0 Å². The number of carbonyl (C=O) groups excluding carboxylic acids is 2. The number of rotatable bonds is 7. The van der Waals surface area contributed by atoms with E-state index in [1.54, 1.807) is 24.3 Å². The van der Waals surface area contributed by atoms with Crippen molar-refractivity contribution in [2.24, 2.45) is 0 Å². The number of anilines is 1. The summed E-state index contributed by atoms with van der Waals surface area (Å²) in [5, 5.41) is 0. The van der Waals surface area contributed by atoms with Gasteiger partial charge in [0, 0.05) is 12.2 Å². The van der Waals surface area contributed by atoms with E-state index < -0.39 is 22.4 Å². The van der Waals surface area contributed by atoms with Crippen molar-refractivity contribution in [1.29, 1.82) is 0 Å². The highest BCUT2D eigenvalue weighted by atomic mass is 32.2. The van der Waals surface area contributed by atoms with E-state index in [4.69, 9.17) is 4.74 Å². The molecule has 0 spiro atoms. The second kappa shape index (κ2) is 8.62. The average molecular weight is 375 g/mol. The monoisotopic (exact) mass is 375 g/mol. The van der Waals surface area contributed by atoms with Crippen LogP contribution in [0.3, 0.4) is 0 Å². The molecule has 26 heavy (non-hydrogen) atoms. The van der Waals surface area contributed by atoms with Crippen LogP contribution in [-0.2, 0) is 19.4 Å². The second-order valence-corrected chi connectivity index (χ2v) is 7.70. The molecule has 0 aliphatic rings. The summed E-state index contributed by atoms with van der Waals surface area (Å²) in [6.07, 6.45) is 0. The number of amides is 1. The van der Waals surface area contributed by atoms with Crippen molar-refractivity contribution < 1.29 is 22.7 Å². The molecule has 0 bridgehead atoms. The molecule has 2 aromatic carbocycles. The summed E-state index contributed by atoms with van der Waals surface area (Å²) in [5.74, 6) is -1.36. The summed E-state index contributed by atoms with van der Waals surface area (Å²) >= 11 is 0. The highest BCUT2D eigenvalue weighted by molar-refractivity contribution is 7.91. The largest absolute Gasteiger partial charge is 0.452 e. The van der Waals surface area contributed by atoms with E-state index in [2.05, 4.69) is 0 Å². The quantitative estimate of drug-likeness (QED) is 0.695. The summed E-state index contributed by atoms with van der Waals surface area (Å²) in [6.45, 7) is 3.26. The zero-order chi connectivity index (χ0) is 19.2. The molecule has 2 aromatic rings. The Balaban J connectivity index is 2.13. The smallest absolute Gasteiger partial charge is 0.339 e. The molecule has 1 amide bonds. The van der Waals surface area contributed by atoms with Gasteiger partial charge < -0.3 is 9.64 Å². The van der Waals surface area contributed by atoms with Crippen LogP contribution in [-0.4, -0.2) is 39.2 Å². The van der Waals surface area contributed by atoms with Gasteiger partial charge in [-0.25, -0.2) is 13.2 Å². The summed E-state index contributed by atoms with van der Waals surface area (Å²) in [4.78, 5) is 26.1. The minimum absolute atomic E-state index is 0.0649. The van der Waals surface area contributed by atoms with E-state index in [1.807, 2.05) is 25.1 Å². The fourth-order valence-electron chi connectivity index (χ4n) is 2.46. The third kappa shape index (κ3) is 4.49. The number of carbonyl (C=O) groups is 2. The van der Waals surface area contributed by atoms with Gasteiger partial charge in [0.1, 0.15) is 0 Å². The van der Waals surface area contributed by atoms with Crippen LogP contribution in [0.4, 0.5) is 5.69 Å². The molecule has 138 valence electrons. The van der Waals surface area contributed by atoms with Crippen LogP contribution in [0.2, 0.25) is 0 Å². The highest BCUT2D eigenvalue weighted by Gasteiger charge is 2.23. The Morgan fingerprint density at radius 1 is 0.962 bits per heavy atom. The number of para-hydroxylation sites is 1. The minimum atomic E-state index is -3.57. The molecule has 0 fully saturated rings. The Hall–Kier alpha value is -2.67. The maximum atomic E-state index is 12.4. The van der Waals surface area contributed by atoms with Crippen LogP contribution in [0.25, 0.3) is 0 Å². The zero-order valence-electron chi connectivity index (χ0n) is 14.7. The van der Waals surface area contributed by atoms with Crippen molar-refractivity contribution in [3.8, 4) is 0 Å². The third-order valence-corrected chi connectivity index (χ3v) is 5.62. The molecule has 0 radical (unpaired) electrons. The van der Waals surface area contributed by atoms with Gasteiger partial charge >= 0.3 is 5.97 Å². The lowest BCUT2D eigenvalue weighted by Gasteiger charge is -2.20. The predicted octanol–water partition coefficient (Wildman–Crippen LogP) is 2.69. The van der Waals surface area contributed by atoms with E-state index in [-0.39, 0.29) is 22.1 Å². The van der Waals surface area contributed by atoms with E-state index >= 15 is 0 Å². The van der Waals surface area contributed by atoms with Crippen molar-refractivity contribution in [3.05, 3.63) is 60.2 Å². The Bertz CT molecular complexity index is 878. The van der Waals surface area contributed by atoms with Gasteiger partial charge in [0.2, 0.25) is 0 Å². The standard InChI is InChI=1S/C19H21NO5S/c1-3-20(15-10-6-5-7-11-15)18(21)14-25-19(22)16-12-8-9-13-17(16)26(23,24)4-2/h5-13H,3-4,14H2,1-2H3. The van der Waals surface area contributed by atoms with Gasteiger partial charge in [-0.1, -0.05) is 37.3 Å². The Morgan fingerprint density at radius 3 is 2.19 bits per heavy atom. The first-order valence-electron chi connectivity index (χ1n) is 8.25. The predicted molar refractivity (Wildman–Crippen MR) is 98.9 cm³/mol. The molecule has 0 atom stereocenters. The molecule has 2 rings (SSSR count). The number of likely N-dealkylation sites (N-methyl/N-ethyl adjacent to an activating group) is 1. The van der Waals surface area contributed by atoms with Gasteiger partial charge in [0.05, 0.1) is 16.2 Å². The lowest BCUT2D eigenvalue weighted by Crippen LogP contribution is -2.34. The summed E-state index contributed by atoms with van der Waals surface area (Å²) in [7, 11) is -3.57. The van der Waals surface area contributed by atoms with Gasteiger partial charge in [-0.3, -0.25) is 4.79 Å². The van der Waals surface area contributed by atoms with Gasteiger partial charge in [-0.05, 0) is 31.2 Å². The molecule has 0 saturated carbocycles. The maximum absolute atomic E-state index is 12.4. The molecular formula is C19H21NO5S. The Labute approximate surface area is 153 Å². The average Bonchev–Trinajstić information content (AvgIpc) is 2.67. The molecule has 0 unspecified atom stereocenters. The lowest BCUT2D eigenvalue weighted by molar-refractivity contribution is -0.121.